The van der Waals surface area contributed by atoms with E-state index in [4.69, 9.17) is 9.47 Å². The molecule has 0 saturated carbocycles. The number of hydrogen-bond acceptors (Lipinski definition) is 4. The van der Waals surface area contributed by atoms with Crippen LogP contribution in [0.1, 0.15) is 16.2 Å². The molecule has 6 nitrogen and oxygen atoms in total. The van der Waals surface area contributed by atoms with Crippen LogP contribution in [0.25, 0.3) is 0 Å². The van der Waals surface area contributed by atoms with E-state index in [0.717, 1.165) is 4.57 Å². The highest BCUT2D eigenvalue weighted by molar-refractivity contribution is 5.96. The summed E-state index contributed by atoms with van der Waals surface area (Å²) in [5.41, 5.74) is 0.319. The molecule has 1 aromatic carbocycles. The number of hydrogen-bond donors (Lipinski definition) is 0. The zero-order chi connectivity index (χ0) is 19.2. The smallest absolute Gasteiger partial charge is 0.406 e. The van der Waals surface area contributed by atoms with Gasteiger partial charge in [0.05, 0.1) is 18.7 Å². The lowest BCUT2D eigenvalue weighted by molar-refractivity contribution is -0.141. The molecule has 0 radical (unpaired) electrons. The highest BCUT2D eigenvalue weighted by Gasteiger charge is 2.29. The predicted octanol–water partition coefficient (Wildman–Crippen LogP) is 2.74. The van der Waals surface area contributed by atoms with Crippen molar-refractivity contribution in [2.24, 2.45) is 0 Å². The van der Waals surface area contributed by atoms with Gasteiger partial charge in [0.25, 0.3) is 5.91 Å². The van der Waals surface area contributed by atoms with Crippen molar-refractivity contribution in [1.29, 1.82) is 0 Å². The lowest BCUT2D eigenvalue weighted by atomic mass is 10.1. The van der Waals surface area contributed by atoms with Crippen LogP contribution >= 0.6 is 0 Å². The van der Waals surface area contributed by atoms with E-state index < -0.39 is 12.7 Å². The van der Waals surface area contributed by atoms with Crippen molar-refractivity contribution in [3.05, 3.63) is 48.0 Å². The second kappa shape index (κ2) is 8.70. The molecule has 2 rings (SSSR count). The highest BCUT2D eigenvalue weighted by atomic mass is 19.4. The minimum Gasteiger partial charge on any atom is -0.490 e. The zero-order valence-corrected chi connectivity index (χ0v) is 14.5. The van der Waals surface area contributed by atoms with E-state index in [1.54, 1.807) is 24.3 Å². The normalized spacial score (nSPS) is 11.4. The first kappa shape index (κ1) is 19.8. The second-order valence-electron chi connectivity index (χ2n) is 5.59. The molecule has 2 aromatic rings. The number of rotatable bonds is 8. The molecule has 1 aromatic heterocycles. The van der Waals surface area contributed by atoms with E-state index >= 15 is 0 Å². The Morgan fingerprint density at radius 1 is 1.27 bits per heavy atom. The van der Waals surface area contributed by atoms with Crippen LogP contribution in [0.4, 0.5) is 13.2 Å². The van der Waals surface area contributed by atoms with Crippen LogP contribution in [-0.4, -0.2) is 53.9 Å². The number of ether oxygens (including phenoxy) is 2. The number of nitrogens with zero attached hydrogens (tertiary/aromatic N) is 3. The van der Waals surface area contributed by atoms with Gasteiger partial charge in [-0.2, -0.15) is 13.2 Å². The van der Waals surface area contributed by atoms with Gasteiger partial charge in [-0.05, 0) is 12.1 Å². The third kappa shape index (κ3) is 5.48. The van der Waals surface area contributed by atoms with Crippen molar-refractivity contribution in [2.75, 3.05) is 27.4 Å². The first-order valence-electron chi connectivity index (χ1n) is 7.85. The summed E-state index contributed by atoms with van der Waals surface area (Å²) in [5.74, 6) is 0.163. The number of carbonyl (C=O) groups is 1. The first-order valence-corrected chi connectivity index (χ1v) is 7.85. The number of methoxy groups -OCH3 is 1. The molecule has 0 aliphatic carbocycles. The molecule has 142 valence electrons. The molecule has 1 heterocycles. The highest BCUT2D eigenvalue weighted by Crippen LogP contribution is 2.21. The van der Waals surface area contributed by atoms with E-state index in [0.29, 0.717) is 17.9 Å². The summed E-state index contributed by atoms with van der Waals surface area (Å²) in [6.45, 7) is -0.566. The van der Waals surface area contributed by atoms with Crippen molar-refractivity contribution in [2.45, 2.75) is 19.3 Å². The molecule has 0 N–H and O–H groups in total. The molecular weight excluding hydrogens is 351 g/mol. The minimum atomic E-state index is -4.36. The second-order valence-corrected chi connectivity index (χ2v) is 5.59. The molecule has 1 amide bonds. The molecule has 0 aliphatic heterocycles. The Balaban J connectivity index is 2.10. The Morgan fingerprint density at radius 2 is 2.00 bits per heavy atom. The molecule has 0 bridgehead atoms. The van der Waals surface area contributed by atoms with Crippen molar-refractivity contribution in [3.8, 4) is 5.75 Å². The van der Waals surface area contributed by atoms with Gasteiger partial charge in [-0.1, -0.05) is 12.1 Å². The Labute approximate surface area is 149 Å². The Hall–Kier alpha value is -2.55. The average molecular weight is 371 g/mol. The molecule has 0 fully saturated rings. The number of alkyl halides is 3. The van der Waals surface area contributed by atoms with Crippen molar-refractivity contribution >= 4 is 5.91 Å². The molecule has 0 spiro atoms. The maximum Gasteiger partial charge on any atom is 0.406 e. The summed E-state index contributed by atoms with van der Waals surface area (Å²) in [7, 11) is 3.04. The average Bonchev–Trinajstić information content (AvgIpc) is 2.99. The van der Waals surface area contributed by atoms with Crippen LogP contribution < -0.4 is 4.74 Å². The molecular formula is C17H20F3N3O3. The monoisotopic (exact) mass is 371 g/mol. The zero-order valence-electron chi connectivity index (χ0n) is 14.5. The lowest BCUT2D eigenvalue weighted by Crippen LogP contribution is -2.29. The van der Waals surface area contributed by atoms with E-state index in [1.165, 1.54) is 31.5 Å². The third-order valence-corrected chi connectivity index (χ3v) is 3.54. The summed E-state index contributed by atoms with van der Waals surface area (Å²) in [6.07, 6.45) is -1.84. The predicted molar refractivity (Wildman–Crippen MR) is 87.9 cm³/mol. The Bertz CT molecular complexity index is 731. The van der Waals surface area contributed by atoms with Gasteiger partial charge in [-0.3, -0.25) is 4.79 Å². The van der Waals surface area contributed by atoms with Gasteiger partial charge in [0.15, 0.2) is 0 Å². The summed E-state index contributed by atoms with van der Waals surface area (Å²) in [5, 5.41) is 0. The summed E-state index contributed by atoms with van der Waals surface area (Å²) in [4.78, 5) is 17.9. The van der Waals surface area contributed by atoms with Crippen LogP contribution in [0, 0.1) is 0 Å². The minimum absolute atomic E-state index is 0.0612. The van der Waals surface area contributed by atoms with Gasteiger partial charge in [0.2, 0.25) is 0 Å². The number of benzene rings is 1. The quantitative estimate of drug-likeness (QED) is 0.670. The number of aromatic nitrogens is 2. The summed E-state index contributed by atoms with van der Waals surface area (Å²) >= 11 is 0. The van der Waals surface area contributed by atoms with Gasteiger partial charge >= 0.3 is 6.18 Å². The van der Waals surface area contributed by atoms with Gasteiger partial charge in [-0.25, -0.2) is 4.98 Å². The first-order chi connectivity index (χ1) is 12.3. The number of imidazole rings is 1. The fraction of sp³-hybridized carbons (Fsp3) is 0.412. The number of amides is 1. The number of para-hydroxylation sites is 1. The topological polar surface area (TPSA) is 56.6 Å². The van der Waals surface area contributed by atoms with Gasteiger partial charge in [-0.15, -0.1) is 0 Å². The summed E-state index contributed by atoms with van der Waals surface area (Å²) in [6, 6.07) is 6.67. The van der Waals surface area contributed by atoms with E-state index in [-0.39, 0.29) is 24.9 Å². The molecule has 0 atom stereocenters. The Kier molecular flexibility index (Phi) is 6.62. The summed E-state index contributed by atoms with van der Waals surface area (Å²) < 4.78 is 49.2. The maximum absolute atomic E-state index is 12.7. The van der Waals surface area contributed by atoms with Gasteiger partial charge < -0.3 is 18.9 Å². The van der Waals surface area contributed by atoms with E-state index in [9.17, 15) is 18.0 Å². The maximum atomic E-state index is 12.7. The van der Waals surface area contributed by atoms with Gasteiger partial charge in [0, 0.05) is 26.6 Å². The van der Waals surface area contributed by atoms with Crippen molar-refractivity contribution < 1.29 is 27.4 Å². The molecule has 0 aliphatic rings. The van der Waals surface area contributed by atoms with Crippen LogP contribution in [0.15, 0.2) is 36.7 Å². The van der Waals surface area contributed by atoms with Crippen LogP contribution in [0.2, 0.25) is 0 Å². The SMILES string of the molecule is COCCOc1ccccc1C(=O)N(C)Cc1nccn1CC(F)(F)F. The third-order valence-electron chi connectivity index (χ3n) is 3.54. The fourth-order valence-electron chi connectivity index (χ4n) is 2.32. The van der Waals surface area contributed by atoms with Crippen LogP contribution in [0.5, 0.6) is 5.75 Å². The fourth-order valence-corrected chi connectivity index (χ4v) is 2.32. The van der Waals surface area contributed by atoms with Gasteiger partial charge in [0.1, 0.15) is 24.7 Å². The van der Waals surface area contributed by atoms with E-state index in [1.807, 2.05) is 0 Å². The lowest BCUT2D eigenvalue weighted by Gasteiger charge is -2.20. The molecule has 0 saturated heterocycles. The van der Waals surface area contributed by atoms with E-state index in [2.05, 4.69) is 4.98 Å². The number of halogens is 3. The van der Waals surface area contributed by atoms with Crippen LogP contribution in [-0.2, 0) is 17.8 Å². The molecule has 0 unspecified atom stereocenters. The standard InChI is InChI=1S/C17H20F3N3O3/c1-22(11-15-21-7-8-23(15)12-17(18,19)20)16(24)13-5-3-4-6-14(13)26-10-9-25-2/h3-8H,9-12H2,1-2H3. The Morgan fingerprint density at radius 3 is 2.69 bits per heavy atom. The van der Waals surface area contributed by atoms with Crippen molar-refractivity contribution in [3.63, 3.8) is 0 Å². The number of carbonyl (C=O) groups excluding carboxylic acids is 1. The molecule has 9 heteroatoms. The van der Waals surface area contributed by atoms with Crippen LogP contribution in [0.3, 0.4) is 0 Å². The molecule has 26 heavy (non-hydrogen) atoms. The largest absolute Gasteiger partial charge is 0.490 e. The van der Waals surface area contributed by atoms with Crippen molar-refractivity contribution in [1.82, 2.24) is 14.5 Å².